The summed E-state index contributed by atoms with van der Waals surface area (Å²) in [5.74, 6) is 0.277. The molecule has 0 heterocycles. The van der Waals surface area contributed by atoms with Crippen molar-refractivity contribution in [3.05, 3.63) is 69.7 Å². The lowest BCUT2D eigenvalue weighted by atomic mass is 9.94. The van der Waals surface area contributed by atoms with Gasteiger partial charge < -0.3 is 4.90 Å². The van der Waals surface area contributed by atoms with Crippen molar-refractivity contribution in [1.29, 1.82) is 0 Å². The number of halogens is 2. The molecule has 0 spiro atoms. The first kappa shape index (κ1) is 17.8. The molecule has 2 aromatic carbocycles. The average molecular weight is 350 g/mol. The van der Waals surface area contributed by atoms with Gasteiger partial charge in [-0.1, -0.05) is 60.8 Å². The number of amides is 1. The van der Waals surface area contributed by atoms with Gasteiger partial charge in [0.25, 0.3) is 5.91 Å². The summed E-state index contributed by atoms with van der Waals surface area (Å²) in [6.07, 6.45) is 2.03. The summed E-state index contributed by atoms with van der Waals surface area (Å²) in [6, 6.07) is 15.1. The van der Waals surface area contributed by atoms with E-state index in [0.717, 1.165) is 18.4 Å². The van der Waals surface area contributed by atoms with Crippen LogP contribution in [-0.2, 0) is 0 Å². The number of hydrogen-bond donors (Lipinski definition) is 0. The third kappa shape index (κ3) is 4.73. The quantitative estimate of drug-likeness (QED) is 0.659. The molecule has 0 aliphatic rings. The van der Waals surface area contributed by atoms with Crippen molar-refractivity contribution in [3.8, 4) is 0 Å². The highest BCUT2D eigenvalue weighted by Gasteiger charge is 2.18. The fourth-order valence-corrected chi connectivity index (χ4v) is 3.00. The van der Waals surface area contributed by atoms with Crippen molar-refractivity contribution < 1.29 is 4.79 Å². The molecule has 0 aliphatic carbocycles. The van der Waals surface area contributed by atoms with E-state index in [1.165, 1.54) is 0 Å². The molecule has 0 fully saturated rings. The highest BCUT2D eigenvalue weighted by molar-refractivity contribution is 6.42. The zero-order valence-electron chi connectivity index (χ0n) is 13.4. The van der Waals surface area contributed by atoms with Crippen LogP contribution < -0.4 is 0 Å². The fraction of sp³-hybridized carbons (Fsp3) is 0.316. The van der Waals surface area contributed by atoms with Crippen LogP contribution in [0.3, 0.4) is 0 Å². The van der Waals surface area contributed by atoms with E-state index in [4.69, 9.17) is 23.2 Å². The molecule has 2 rings (SSSR count). The van der Waals surface area contributed by atoms with E-state index in [2.05, 4.69) is 6.92 Å². The van der Waals surface area contributed by atoms with Crippen LogP contribution in [0.25, 0.3) is 0 Å². The monoisotopic (exact) mass is 349 g/mol. The molecule has 0 aromatic heterocycles. The van der Waals surface area contributed by atoms with Gasteiger partial charge in [-0.2, -0.15) is 0 Å². The van der Waals surface area contributed by atoms with Gasteiger partial charge in [-0.3, -0.25) is 4.79 Å². The van der Waals surface area contributed by atoms with Gasteiger partial charge in [0.1, 0.15) is 0 Å². The lowest BCUT2D eigenvalue weighted by Crippen LogP contribution is -2.31. The molecule has 2 nitrogen and oxygen atoms in total. The Bertz CT molecular complexity index is 658. The normalized spacial score (nSPS) is 12.0. The molecule has 0 radical (unpaired) electrons. The van der Waals surface area contributed by atoms with Crippen LogP contribution in [0.15, 0.2) is 48.5 Å². The van der Waals surface area contributed by atoms with Gasteiger partial charge in [0.15, 0.2) is 0 Å². The highest BCUT2D eigenvalue weighted by atomic mass is 35.5. The minimum Gasteiger partial charge on any atom is -0.341 e. The second kappa shape index (κ2) is 8.37. The first-order valence-electron chi connectivity index (χ1n) is 7.78. The van der Waals surface area contributed by atoms with Crippen LogP contribution in [-0.4, -0.2) is 24.4 Å². The molecule has 2 aromatic rings. The van der Waals surface area contributed by atoms with Crippen LogP contribution in [0.4, 0.5) is 0 Å². The lowest BCUT2D eigenvalue weighted by Gasteiger charge is -2.25. The summed E-state index contributed by atoms with van der Waals surface area (Å²) >= 11 is 12.1. The Morgan fingerprint density at radius 3 is 2.39 bits per heavy atom. The second-order valence-electron chi connectivity index (χ2n) is 5.71. The Hall–Kier alpha value is -1.51. The Kier molecular flexibility index (Phi) is 6.49. The van der Waals surface area contributed by atoms with Crippen LogP contribution >= 0.6 is 23.2 Å². The Morgan fingerprint density at radius 2 is 1.78 bits per heavy atom. The number of benzene rings is 2. The second-order valence-corrected chi connectivity index (χ2v) is 6.53. The number of carbonyl (C=O) groups is 1. The minimum absolute atomic E-state index is 0.0340. The van der Waals surface area contributed by atoms with Crippen molar-refractivity contribution in [1.82, 2.24) is 4.90 Å². The van der Waals surface area contributed by atoms with E-state index < -0.39 is 0 Å². The standard InChI is InChI=1S/C19H21Cl2NO/c1-3-7-16(15-10-11-17(20)18(21)12-15)13-22(2)19(23)14-8-5-4-6-9-14/h4-6,8-12,16H,3,7,13H2,1-2H3. The predicted octanol–water partition coefficient (Wildman–Crippen LogP) is 5.65. The van der Waals surface area contributed by atoms with Crippen molar-refractivity contribution in [3.63, 3.8) is 0 Å². The summed E-state index contributed by atoms with van der Waals surface area (Å²) in [7, 11) is 1.84. The lowest BCUT2D eigenvalue weighted by molar-refractivity contribution is 0.0784. The molecule has 0 aliphatic heterocycles. The number of hydrogen-bond acceptors (Lipinski definition) is 1. The third-order valence-electron chi connectivity index (χ3n) is 3.91. The maximum Gasteiger partial charge on any atom is 0.253 e. The maximum atomic E-state index is 12.5. The van der Waals surface area contributed by atoms with Gasteiger partial charge in [0.2, 0.25) is 0 Å². The number of rotatable bonds is 6. The molecule has 23 heavy (non-hydrogen) atoms. The summed E-state index contributed by atoms with van der Waals surface area (Å²) in [4.78, 5) is 14.3. The van der Waals surface area contributed by atoms with Crippen molar-refractivity contribution in [2.75, 3.05) is 13.6 Å². The van der Waals surface area contributed by atoms with Crippen molar-refractivity contribution in [2.45, 2.75) is 25.7 Å². The van der Waals surface area contributed by atoms with Gasteiger partial charge in [-0.15, -0.1) is 0 Å². The van der Waals surface area contributed by atoms with E-state index in [0.29, 0.717) is 22.2 Å². The third-order valence-corrected chi connectivity index (χ3v) is 4.65. The molecule has 0 saturated heterocycles. The van der Waals surface area contributed by atoms with Gasteiger partial charge in [-0.05, 0) is 36.2 Å². The molecule has 1 amide bonds. The van der Waals surface area contributed by atoms with Gasteiger partial charge in [-0.25, -0.2) is 0 Å². The smallest absolute Gasteiger partial charge is 0.253 e. The molecule has 1 unspecified atom stereocenters. The summed E-state index contributed by atoms with van der Waals surface area (Å²) < 4.78 is 0. The Labute approximate surface area is 148 Å². The van der Waals surface area contributed by atoms with E-state index in [-0.39, 0.29) is 11.8 Å². The molecular formula is C19H21Cl2NO. The first-order chi connectivity index (χ1) is 11.0. The number of carbonyl (C=O) groups excluding carboxylic acids is 1. The zero-order chi connectivity index (χ0) is 16.8. The van der Waals surface area contributed by atoms with Crippen LogP contribution in [0.2, 0.25) is 10.0 Å². The maximum absolute atomic E-state index is 12.5. The van der Waals surface area contributed by atoms with Gasteiger partial charge in [0.05, 0.1) is 10.0 Å². The van der Waals surface area contributed by atoms with Gasteiger partial charge in [0, 0.05) is 25.1 Å². The number of nitrogens with zero attached hydrogens (tertiary/aromatic N) is 1. The fourth-order valence-electron chi connectivity index (χ4n) is 2.69. The van der Waals surface area contributed by atoms with Crippen molar-refractivity contribution in [2.24, 2.45) is 0 Å². The largest absolute Gasteiger partial charge is 0.341 e. The Morgan fingerprint density at radius 1 is 1.09 bits per heavy atom. The molecule has 4 heteroatoms. The van der Waals surface area contributed by atoms with Crippen LogP contribution in [0, 0.1) is 0 Å². The topological polar surface area (TPSA) is 20.3 Å². The summed E-state index contributed by atoms with van der Waals surface area (Å²) in [5.41, 5.74) is 1.83. The molecule has 122 valence electrons. The average Bonchev–Trinajstić information content (AvgIpc) is 2.57. The van der Waals surface area contributed by atoms with Crippen LogP contribution in [0.1, 0.15) is 41.6 Å². The molecule has 0 bridgehead atoms. The predicted molar refractivity (Wildman–Crippen MR) is 97.5 cm³/mol. The first-order valence-corrected chi connectivity index (χ1v) is 8.54. The van der Waals surface area contributed by atoms with E-state index >= 15 is 0 Å². The van der Waals surface area contributed by atoms with Gasteiger partial charge >= 0.3 is 0 Å². The molecule has 0 saturated carbocycles. The number of likely N-dealkylation sites (N-methyl/N-ethyl adjacent to an activating group) is 1. The molecule has 1 atom stereocenters. The summed E-state index contributed by atoms with van der Waals surface area (Å²) in [6.45, 7) is 2.79. The van der Waals surface area contributed by atoms with E-state index in [9.17, 15) is 4.79 Å². The molecule has 0 N–H and O–H groups in total. The SMILES string of the molecule is CCCC(CN(C)C(=O)c1ccccc1)c1ccc(Cl)c(Cl)c1. The van der Waals surface area contributed by atoms with Crippen molar-refractivity contribution >= 4 is 29.1 Å². The molecular weight excluding hydrogens is 329 g/mol. The van der Waals surface area contributed by atoms with E-state index in [1.54, 1.807) is 4.90 Å². The highest BCUT2D eigenvalue weighted by Crippen LogP contribution is 2.29. The minimum atomic E-state index is 0.0340. The van der Waals surface area contributed by atoms with E-state index in [1.807, 2.05) is 55.6 Å². The van der Waals surface area contributed by atoms with Crippen LogP contribution in [0.5, 0.6) is 0 Å². The Balaban J connectivity index is 2.15. The zero-order valence-corrected chi connectivity index (χ0v) is 14.9. The summed E-state index contributed by atoms with van der Waals surface area (Å²) in [5, 5.41) is 1.11.